The molecule has 3 aromatic heterocycles. The minimum absolute atomic E-state index is 0.0613. The van der Waals surface area contributed by atoms with Gasteiger partial charge in [0.2, 0.25) is 5.82 Å². The molecule has 0 aliphatic heterocycles. The summed E-state index contributed by atoms with van der Waals surface area (Å²) in [5.41, 5.74) is -0.449. The quantitative estimate of drug-likeness (QED) is 0.402. The van der Waals surface area contributed by atoms with E-state index in [4.69, 9.17) is 37.6 Å². The van der Waals surface area contributed by atoms with Crippen molar-refractivity contribution in [2.45, 2.75) is 12.3 Å². The summed E-state index contributed by atoms with van der Waals surface area (Å²) in [6.07, 6.45) is -4.18. The lowest BCUT2D eigenvalue weighted by Gasteiger charge is -2.09. The molecule has 14 heteroatoms. The SMILES string of the molecule is O=C(O)C(O)COc1ccc(-c2noc(-c3cn4cc(C(F)(F)F)cc(Cl)c4n3)n2)c(Cl)c1. The summed E-state index contributed by atoms with van der Waals surface area (Å²) in [7, 11) is 0. The van der Waals surface area contributed by atoms with Gasteiger partial charge in [-0.15, -0.1) is 0 Å². The fourth-order valence-electron chi connectivity index (χ4n) is 2.77. The highest BCUT2D eigenvalue weighted by Crippen LogP contribution is 2.34. The number of aromatic nitrogens is 4. The van der Waals surface area contributed by atoms with E-state index < -0.39 is 30.4 Å². The summed E-state index contributed by atoms with van der Waals surface area (Å²) in [4.78, 5) is 19.0. The van der Waals surface area contributed by atoms with Gasteiger partial charge in [-0.1, -0.05) is 28.4 Å². The fraction of sp³-hybridized carbons (Fsp3) is 0.158. The smallest absolute Gasteiger partial charge is 0.417 e. The van der Waals surface area contributed by atoms with Gasteiger partial charge in [-0.25, -0.2) is 9.78 Å². The van der Waals surface area contributed by atoms with E-state index in [1.54, 1.807) is 0 Å². The number of aliphatic hydroxyl groups is 1. The number of rotatable bonds is 6. The fourth-order valence-corrected chi connectivity index (χ4v) is 3.28. The van der Waals surface area contributed by atoms with Crippen LogP contribution in [-0.4, -0.2) is 48.4 Å². The molecule has 1 aromatic carbocycles. The number of imidazole rings is 1. The molecule has 0 bridgehead atoms. The highest BCUT2D eigenvalue weighted by molar-refractivity contribution is 6.33. The number of carbonyl (C=O) groups is 1. The lowest BCUT2D eigenvalue weighted by molar-refractivity contribution is -0.148. The van der Waals surface area contributed by atoms with Crippen LogP contribution in [0.15, 0.2) is 41.2 Å². The van der Waals surface area contributed by atoms with Gasteiger partial charge in [0.25, 0.3) is 5.89 Å². The van der Waals surface area contributed by atoms with Gasteiger partial charge in [-0.05, 0) is 24.3 Å². The molecule has 3 heterocycles. The first-order valence-electron chi connectivity index (χ1n) is 8.96. The van der Waals surface area contributed by atoms with Crippen molar-refractivity contribution in [3.05, 3.63) is 52.3 Å². The number of benzene rings is 1. The second-order valence-corrected chi connectivity index (χ2v) is 7.48. The van der Waals surface area contributed by atoms with Crippen molar-refractivity contribution in [1.29, 1.82) is 0 Å². The van der Waals surface area contributed by atoms with E-state index in [2.05, 4.69) is 15.1 Å². The molecule has 1 atom stereocenters. The molecular formula is C19H11Cl2F3N4O5. The lowest BCUT2D eigenvalue weighted by Crippen LogP contribution is -2.26. The highest BCUT2D eigenvalue weighted by atomic mass is 35.5. The Balaban J connectivity index is 1.60. The number of carboxylic acids is 1. The van der Waals surface area contributed by atoms with Crippen LogP contribution in [0.4, 0.5) is 13.2 Å². The number of pyridine rings is 1. The number of nitrogens with zero attached hydrogens (tertiary/aromatic N) is 4. The first kappa shape index (κ1) is 22.8. The van der Waals surface area contributed by atoms with Gasteiger partial charge in [0.05, 0.1) is 15.6 Å². The van der Waals surface area contributed by atoms with E-state index in [0.29, 0.717) is 5.56 Å². The number of aliphatic carboxylic acids is 1. The zero-order chi connectivity index (χ0) is 23.9. The molecule has 0 saturated carbocycles. The summed E-state index contributed by atoms with van der Waals surface area (Å²) in [5, 5.41) is 21.7. The van der Waals surface area contributed by atoms with Crippen LogP contribution in [-0.2, 0) is 11.0 Å². The lowest BCUT2D eigenvalue weighted by atomic mass is 10.2. The normalized spacial score (nSPS) is 12.8. The monoisotopic (exact) mass is 502 g/mol. The van der Waals surface area contributed by atoms with Crippen LogP contribution in [0.3, 0.4) is 0 Å². The largest absolute Gasteiger partial charge is 0.490 e. The van der Waals surface area contributed by atoms with E-state index in [0.717, 1.165) is 16.7 Å². The summed E-state index contributed by atoms with van der Waals surface area (Å²) < 4.78 is 50.5. The van der Waals surface area contributed by atoms with E-state index in [-0.39, 0.29) is 38.9 Å². The summed E-state index contributed by atoms with van der Waals surface area (Å²) in [5.74, 6) is -1.26. The molecule has 4 rings (SSSR count). The Bertz CT molecular complexity index is 1360. The van der Waals surface area contributed by atoms with Crippen molar-refractivity contribution in [2.75, 3.05) is 6.61 Å². The molecular weight excluding hydrogens is 492 g/mol. The summed E-state index contributed by atoms with van der Waals surface area (Å²) >= 11 is 12.2. The Kier molecular flexibility index (Phi) is 5.91. The molecule has 0 aliphatic rings. The second-order valence-electron chi connectivity index (χ2n) is 6.66. The second kappa shape index (κ2) is 8.54. The molecule has 33 heavy (non-hydrogen) atoms. The van der Waals surface area contributed by atoms with Crippen molar-refractivity contribution < 1.29 is 37.4 Å². The van der Waals surface area contributed by atoms with E-state index >= 15 is 0 Å². The number of halogens is 5. The molecule has 2 N–H and O–H groups in total. The topological polar surface area (TPSA) is 123 Å². The standard InChI is InChI=1S/C19H11Cl2F3N4O5/c20-11-4-9(32-7-14(29)18(30)31)1-2-10(11)15-26-17(33-27-15)13-6-28-5-8(19(22,23)24)3-12(21)16(28)25-13/h1-6,14,29H,7H2,(H,30,31). The zero-order valence-electron chi connectivity index (χ0n) is 16.0. The van der Waals surface area contributed by atoms with Crippen LogP contribution in [0.5, 0.6) is 5.75 Å². The van der Waals surface area contributed by atoms with Gasteiger partial charge < -0.3 is 23.9 Å². The molecule has 0 saturated heterocycles. The van der Waals surface area contributed by atoms with Gasteiger partial charge in [-0.2, -0.15) is 18.2 Å². The van der Waals surface area contributed by atoms with Crippen LogP contribution in [0, 0.1) is 0 Å². The van der Waals surface area contributed by atoms with Gasteiger partial charge in [-0.3, -0.25) is 0 Å². The van der Waals surface area contributed by atoms with Crippen LogP contribution in [0.1, 0.15) is 5.56 Å². The molecule has 172 valence electrons. The Morgan fingerprint density at radius 1 is 1.18 bits per heavy atom. The summed E-state index contributed by atoms with van der Waals surface area (Å²) in [6, 6.07) is 5.07. The maximum Gasteiger partial charge on any atom is 0.417 e. The number of carboxylic acid groups (broad SMARTS) is 1. The molecule has 0 aliphatic carbocycles. The Morgan fingerprint density at radius 2 is 1.94 bits per heavy atom. The average Bonchev–Trinajstić information content (AvgIpc) is 3.38. The van der Waals surface area contributed by atoms with E-state index in [1.165, 1.54) is 24.4 Å². The van der Waals surface area contributed by atoms with Crippen LogP contribution >= 0.6 is 23.2 Å². The highest BCUT2D eigenvalue weighted by Gasteiger charge is 2.32. The maximum atomic E-state index is 13.0. The van der Waals surface area contributed by atoms with E-state index in [9.17, 15) is 23.1 Å². The first-order valence-corrected chi connectivity index (χ1v) is 9.71. The molecule has 0 spiro atoms. The first-order chi connectivity index (χ1) is 15.5. The van der Waals surface area contributed by atoms with Crippen molar-refractivity contribution in [1.82, 2.24) is 19.5 Å². The molecule has 0 radical (unpaired) electrons. The van der Waals surface area contributed by atoms with Crippen molar-refractivity contribution in [3.63, 3.8) is 0 Å². The predicted molar refractivity (Wildman–Crippen MR) is 108 cm³/mol. The predicted octanol–water partition coefficient (Wildman–Crippen LogP) is 4.20. The third-order valence-corrected chi connectivity index (χ3v) is 4.94. The number of aliphatic hydroxyl groups excluding tert-OH is 1. The summed E-state index contributed by atoms with van der Waals surface area (Å²) in [6.45, 7) is -0.482. The molecule has 0 fully saturated rings. The third-order valence-electron chi connectivity index (χ3n) is 4.35. The molecule has 0 amide bonds. The minimum atomic E-state index is -4.59. The van der Waals surface area contributed by atoms with Gasteiger partial charge in [0.15, 0.2) is 11.8 Å². The van der Waals surface area contributed by atoms with Crippen molar-refractivity contribution in [3.8, 4) is 28.7 Å². The Hall–Kier alpha value is -3.35. The van der Waals surface area contributed by atoms with Gasteiger partial charge >= 0.3 is 12.1 Å². The minimum Gasteiger partial charge on any atom is -0.490 e. The van der Waals surface area contributed by atoms with Gasteiger partial charge in [0.1, 0.15) is 18.1 Å². The maximum absolute atomic E-state index is 13.0. The van der Waals surface area contributed by atoms with Crippen LogP contribution < -0.4 is 4.74 Å². The van der Waals surface area contributed by atoms with Crippen LogP contribution in [0.2, 0.25) is 10.0 Å². The number of ether oxygens (including phenoxy) is 1. The van der Waals surface area contributed by atoms with Crippen molar-refractivity contribution >= 4 is 34.8 Å². The number of alkyl halides is 3. The van der Waals surface area contributed by atoms with E-state index in [1.807, 2.05) is 0 Å². The third kappa shape index (κ3) is 4.72. The molecule has 1 unspecified atom stereocenters. The Labute approximate surface area is 191 Å². The number of hydrogen-bond acceptors (Lipinski definition) is 7. The molecule has 4 aromatic rings. The zero-order valence-corrected chi connectivity index (χ0v) is 17.6. The number of hydrogen-bond donors (Lipinski definition) is 2. The molecule has 9 nitrogen and oxygen atoms in total. The van der Waals surface area contributed by atoms with Crippen LogP contribution in [0.25, 0.3) is 28.6 Å². The van der Waals surface area contributed by atoms with Crippen molar-refractivity contribution in [2.24, 2.45) is 0 Å². The average molecular weight is 503 g/mol. The Morgan fingerprint density at radius 3 is 2.61 bits per heavy atom. The van der Waals surface area contributed by atoms with Gasteiger partial charge in [0, 0.05) is 18.0 Å². The number of fused-ring (bicyclic) bond motifs is 1.